The second-order valence-corrected chi connectivity index (χ2v) is 5.91. The number of aryl methyl sites for hydroxylation is 1. The third-order valence-corrected chi connectivity index (χ3v) is 3.39. The summed E-state index contributed by atoms with van der Waals surface area (Å²) in [7, 11) is 0. The molecule has 0 saturated heterocycles. The molecular formula is C17H21N3O4. The van der Waals surface area contributed by atoms with E-state index in [1.807, 2.05) is 45.0 Å². The van der Waals surface area contributed by atoms with Gasteiger partial charge in [-0.1, -0.05) is 36.7 Å². The first-order valence-electron chi connectivity index (χ1n) is 7.70. The summed E-state index contributed by atoms with van der Waals surface area (Å²) >= 11 is 0. The Labute approximate surface area is 140 Å². The minimum Gasteiger partial charge on any atom is -0.456 e. The smallest absolute Gasteiger partial charge is 0.329 e. The van der Waals surface area contributed by atoms with Crippen molar-refractivity contribution in [3.8, 4) is 11.5 Å². The lowest BCUT2D eigenvalue weighted by molar-refractivity contribution is -0.150. The van der Waals surface area contributed by atoms with E-state index < -0.39 is 12.0 Å². The summed E-state index contributed by atoms with van der Waals surface area (Å²) in [6.45, 7) is 6.88. The van der Waals surface area contributed by atoms with Crippen LogP contribution in [0.25, 0.3) is 11.5 Å². The molecule has 1 N–H and O–H groups in total. The highest BCUT2D eigenvalue weighted by Gasteiger charge is 2.25. The van der Waals surface area contributed by atoms with Gasteiger partial charge in [-0.2, -0.15) is 4.98 Å². The molecule has 1 atom stereocenters. The standard InChI is InChI=1S/C17H21N3O4/c1-10(2)15(18-12(4)21)17(22)23-9-14-19-16(24-20-14)13-7-5-11(3)6-8-13/h5-8,10,15H,9H2,1-4H3,(H,18,21)/t15-/m0/s1. The van der Waals surface area contributed by atoms with Gasteiger partial charge in [-0.15, -0.1) is 0 Å². The van der Waals surface area contributed by atoms with Gasteiger partial charge in [-0.25, -0.2) is 4.79 Å². The predicted molar refractivity (Wildman–Crippen MR) is 86.7 cm³/mol. The number of aromatic nitrogens is 2. The van der Waals surface area contributed by atoms with Crippen LogP contribution in [0.2, 0.25) is 0 Å². The Bertz CT molecular complexity index is 707. The van der Waals surface area contributed by atoms with E-state index in [9.17, 15) is 9.59 Å². The first-order valence-corrected chi connectivity index (χ1v) is 7.70. The maximum atomic E-state index is 12.1. The molecule has 0 aliphatic heterocycles. The van der Waals surface area contributed by atoms with Crippen LogP contribution in [-0.4, -0.2) is 28.1 Å². The number of ether oxygens (including phenoxy) is 1. The Morgan fingerprint density at radius 1 is 1.25 bits per heavy atom. The third kappa shape index (κ3) is 4.65. The maximum absolute atomic E-state index is 12.1. The fourth-order valence-electron chi connectivity index (χ4n) is 2.07. The Hall–Kier alpha value is -2.70. The minimum atomic E-state index is -0.703. The SMILES string of the molecule is CC(=O)N[C@H](C(=O)OCc1noc(-c2ccc(C)cc2)n1)C(C)C. The van der Waals surface area contributed by atoms with E-state index in [4.69, 9.17) is 9.26 Å². The summed E-state index contributed by atoms with van der Waals surface area (Å²) in [5.74, 6) is -0.267. The van der Waals surface area contributed by atoms with Crippen LogP contribution in [0.4, 0.5) is 0 Å². The second kappa shape index (κ2) is 7.72. The number of hydrogen-bond acceptors (Lipinski definition) is 6. The Kier molecular flexibility index (Phi) is 5.68. The first-order chi connectivity index (χ1) is 11.4. The van der Waals surface area contributed by atoms with Crippen LogP contribution in [-0.2, 0) is 20.9 Å². The summed E-state index contributed by atoms with van der Waals surface area (Å²) in [5, 5.41) is 6.38. The lowest BCUT2D eigenvalue weighted by Gasteiger charge is -2.19. The molecule has 1 heterocycles. The number of rotatable bonds is 6. The van der Waals surface area contributed by atoms with Crippen molar-refractivity contribution in [3.05, 3.63) is 35.7 Å². The molecule has 7 nitrogen and oxygen atoms in total. The van der Waals surface area contributed by atoms with E-state index in [1.54, 1.807) is 0 Å². The highest BCUT2D eigenvalue weighted by Crippen LogP contribution is 2.17. The van der Waals surface area contributed by atoms with Crippen molar-refractivity contribution < 1.29 is 18.8 Å². The summed E-state index contributed by atoms with van der Waals surface area (Å²) in [6.07, 6.45) is 0. The average molecular weight is 331 g/mol. The van der Waals surface area contributed by atoms with Crippen LogP contribution in [0.3, 0.4) is 0 Å². The Balaban J connectivity index is 1.98. The molecule has 1 aromatic carbocycles. The van der Waals surface area contributed by atoms with Gasteiger partial charge in [-0.05, 0) is 25.0 Å². The van der Waals surface area contributed by atoms with E-state index in [2.05, 4.69) is 15.5 Å². The molecular weight excluding hydrogens is 310 g/mol. The molecule has 0 fully saturated rings. The number of nitrogens with one attached hydrogen (secondary N) is 1. The molecule has 0 aliphatic carbocycles. The Morgan fingerprint density at radius 3 is 2.50 bits per heavy atom. The highest BCUT2D eigenvalue weighted by atomic mass is 16.5. The van der Waals surface area contributed by atoms with Crippen LogP contribution in [0.5, 0.6) is 0 Å². The van der Waals surface area contributed by atoms with Gasteiger partial charge in [0.25, 0.3) is 5.89 Å². The van der Waals surface area contributed by atoms with Crippen molar-refractivity contribution >= 4 is 11.9 Å². The van der Waals surface area contributed by atoms with E-state index in [0.717, 1.165) is 11.1 Å². The molecule has 128 valence electrons. The molecule has 2 rings (SSSR count). The Morgan fingerprint density at radius 2 is 1.92 bits per heavy atom. The molecule has 0 spiro atoms. The monoisotopic (exact) mass is 331 g/mol. The quantitative estimate of drug-likeness (QED) is 0.816. The molecule has 1 aromatic heterocycles. The van der Waals surface area contributed by atoms with Crippen LogP contribution in [0.15, 0.2) is 28.8 Å². The van der Waals surface area contributed by atoms with Gasteiger partial charge < -0.3 is 14.6 Å². The second-order valence-electron chi connectivity index (χ2n) is 5.91. The zero-order valence-electron chi connectivity index (χ0n) is 14.2. The number of hydrogen-bond donors (Lipinski definition) is 1. The molecule has 0 bridgehead atoms. The van der Waals surface area contributed by atoms with Crippen molar-refractivity contribution in [2.24, 2.45) is 5.92 Å². The topological polar surface area (TPSA) is 94.3 Å². The van der Waals surface area contributed by atoms with E-state index in [1.165, 1.54) is 6.92 Å². The summed E-state index contributed by atoms with van der Waals surface area (Å²) < 4.78 is 10.4. The molecule has 1 amide bonds. The van der Waals surface area contributed by atoms with Crippen molar-refractivity contribution in [1.82, 2.24) is 15.5 Å². The van der Waals surface area contributed by atoms with E-state index in [0.29, 0.717) is 5.89 Å². The number of carbonyl (C=O) groups excluding carboxylic acids is 2. The third-order valence-electron chi connectivity index (χ3n) is 3.39. The van der Waals surface area contributed by atoms with Crippen LogP contribution in [0, 0.1) is 12.8 Å². The fraction of sp³-hybridized carbons (Fsp3) is 0.412. The normalized spacial score (nSPS) is 12.0. The summed E-state index contributed by atoms with van der Waals surface area (Å²) in [4.78, 5) is 27.5. The van der Waals surface area contributed by atoms with Gasteiger partial charge in [0.05, 0.1) is 0 Å². The summed E-state index contributed by atoms with van der Waals surface area (Å²) in [6, 6.07) is 6.94. The van der Waals surface area contributed by atoms with Gasteiger partial charge in [-0.3, -0.25) is 4.79 Å². The lowest BCUT2D eigenvalue weighted by Crippen LogP contribution is -2.44. The fourth-order valence-corrected chi connectivity index (χ4v) is 2.07. The minimum absolute atomic E-state index is 0.0882. The van der Waals surface area contributed by atoms with Crippen molar-refractivity contribution in [3.63, 3.8) is 0 Å². The molecule has 2 aromatic rings. The lowest BCUT2D eigenvalue weighted by atomic mass is 10.0. The van der Waals surface area contributed by atoms with Gasteiger partial charge in [0.1, 0.15) is 6.04 Å². The van der Waals surface area contributed by atoms with E-state index >= 15 is 0 Å². The van der Waals surface area contributed by atoms with Crippen LogP contribution in [0.1, 0.15) is 32.2 Å². The van der Waals surface area contributed by atoms with Crippen LogP contribution < -0.4 is 5.32 Å². The number of nitrogens with zero attached hydrogens (tertiary/aromatic N) is 2. The molecule has 24 heavy (non-hydrogen) atoms. The van der Waals surface area contributed by atoms with Crippen molar-refractivity contribution in [2.45, 2.75) is 40.3 Å². The largest absolute Gasteiger partial charge is 0.456 e. The predicted octanol–water partition coefficient (Wildman–Crippen LogP) is 2.25. The zero-order chi connectivity index (χ0) is 17.7. The molecule has 0 radical (unpaired) electrons. The number of benzene rings is 1. The van der Waals surface area contributed by atoms with Crippen LogP contribution >= 0.6 is 0 Å². The number of esters is 1. The molecule has 0 unspecified atom stereocenters. The van der Waals surface area contributed by atoms with Gasteiger partial charge >= 0.3 is 5.97 Å². The molecule has 0 saturated carbocycles. The first kappa shape index (κ1) is 17.7. The summed E-state index contributed by atoms with van der Waals surface area (Å²) in [5.41, 5.74) is 1.93. The van der Waals surface area contributed by atoms with Crippen molar-refractivity contribution in [1.29, 1.82) is 0 Å². The average Bonchev–Trinajstić information content (AvgIpc) is 2.99. The van der Waals surface area contributed by atoms with Gasteiger partial charge in [0.15, 0.2) is 6.61 Å². The van der Waals surface area contributed by atoms with Crippen molar-refractivity contribution in [2.75, 3.05) is 0 Å². The maximum Gasteiger partial charge on any atom is 0.329 e. The van der Waals surface area contributed by atoms with Gasteiger partial charge in [0, 0.05) is 12.5 Å². The molecule has 7 heteroatoms. The molecule has 0 aliphatic rings. The van der Waals surface area contributed by atoms with E-state index in [-0.39, 0.29) is 24.3 Å². The van der Waals surface area contributed by atoms with Gasteiger partial charge in [0.2, 0.25) is 11.7 Å². The highest BCUT2D eigenvalue weighted by molar-refractivity contribution is 5.83. The number of carbonyl (C=O) groups is 2. The zero-order valence-corrected chi connectivity index (χ0v) is 14.2. The number of amides is 1.